The van der Waals surface area contributed by atoms with Crippen molar-refractivity contribution < 1.29 is 14.3 Å². The van der Waals surface area contributed by atoms with Gasteiger partial charge in [-0.05, 0) is 30.9 Å². The van der Waals surface area contributed by atoms with E-state index in [-0.39, 0.29) is 5.91 Å². The van der Waals surface area contributed by atoms with Crippen molar-refractivity contribution in [2.75, 3.05) is 26.8 Å². The van der Waals surface area contributed by atoms with E-state index in [4.69, 9.17) is 21.1 Å². The summed E-state index contributed by atoms with van der Waals surface area (Å²) >= 11 is 6.26. The van der Waals surface area contributed by atoms with Gasteiger partial charge in [0.2, 0.25) is 0 Å². The third-order valence-corrected chi connectivity index (χ3v) is 3.84. The second-order valence-corrected chi connectivity index (χ2v) is 6.07. The molecule has 1 fully saturated rings. The van der Waals surface area contributed by atoms with Gasteiger partial charge in [-0.25, -0.2) is 0 Å². The number of halogens is 1. The van der Waals surface area contributed by atoms with Gasteiger partial charge in [0.15, 0.2) is 11.5 Å². The van der Waals surface area contributed by atoms with Crippen LogP contribution in [0.4, 0.5) is 0 Å². The molecule has 2 rings (SSSR count). The number of hydrogen-bond acceptors (Lipinski definition) is 3. The molecule has 1 amide bonds. The Morgan fingerprint density at radius 3 is 2.62 bits per heavy atom. The van der Waals surface area contributed by atoms with Gasteiger partial charge in [0.25, 0.3) is 5.91 Å². The van der Waals surface area contributed by atoms with Crippen LogP contribution in [0.15, 0.2) is 12.1 Å². The maximum atomic E-state index is 12.2. The Bertz CT molecular complexity index is 512. The fraction of sp³-hybridized carbons (Fsp3) is 0.562. The van der Waals surface area contributed by atoms with Crippen LogP contribution in [-0.2, 0) is 0 Å². The fourth-order valence-electron chi connectivity index (χ4n) is 2.08. The van der Waals surface area contributed by atoms with E-state index in [0.29, 0.717) is 34.6 Å². The number of amides is 1. The highest BCUT2D eigenvalue weighted by molar-refractivity contribution is 6.32. The monoisotopic (exact) mass is 311 g/mol. The number of carbonyl (C=O) groups excluding carboxylic acids is 1. The summed E-state index contributed by atoms with van der Waals surface area (Å²) in [7, 11) is 1.55. The molecule has 0 unspecified atom stereocenters. The van der Waals surface area contributed by atoms with Gasteiger partial charge >= 0.3 is 0 Å². The predicted octanol–water partition coefficient (Wildman–Crippen LogP) is 3.62. The topological polar surface area (TPSA) is 38.8 Å². The van der Waals surface area contributed by atoms with E-state index in [1.165, 1.54) is 0 Å². The van der Waals surface area contributed by atoms with Crippen molar-refractivity contribution in [2.24, 2.45) is 5.92 Å². The van der Waals surface area contributed by atoms with Gasteiger partial charge in [-0.15, -0.1) is 0 Å². The summed E-state index contributed by atoms with van der Waals surface area (Å²) in [5.41, 5.74) is 0.549. The van der Waals surface area contributed by atoms with E-state index in [1.54, 1.807) is 24.1 Å². The maximum Gasteiger partial charge on any atom is 0.254 e. The molecule has 1 saturated heterocycles. The van der Waals surface area contributed by atoms with Crippen LogP contribution in [0, 0.1) is 5.92 Å². The van der Waals surface area contributed by atoms with E-state index in [9.17, 15) is 4.79 Å². The van der Waals surface area contributed by atoms with Gasteiger partial charge in [0.05, 0.1) is 18.7 Å². The summed E-state index contributed by atoms with van der Waals surface area (Å²) in [6.45, 7) is 6.47. The summed E-state index contributed by atoms with van der Waals surface area (Å²) in [4.78, 5) is 14.0. The first-order valence-corrected chi connectivity index (χ1v) is 7.70. The molecule has 1 heterocycles. The van der Waals surface area contributed by atoms with E-state index in [1.807, 2.05) is 0 Å². The van der Waals surface area contributed by atoms with Gasteiger partial charge in [-0.1, -0.05) is 25.4 Å². The fourth-order valence-corrected chi connectivity index (χ4v) is 2.35. The Balaban J connectivity index is 2.16. The number of benzene rings is 1. The molecule has 5 heteroatoms. The van der Waals surface area contributed by atoms with Crippen molar-refractivity contribution in [3.63, 3.8) is 0 Å². The lowest BCUT2D eigenvalue weighted by Crippen LogP contribution is -2.42. The SMILES string of the molecule is COc1cc(C(=O)N2CCC2)cc(Cl)c1OCCC(C)C. The van der Waals surface area contributed by atoms with Crippen molar-refractivity contribution in [1.82, 2.24) is 4.90 Å². The van der Waals surface area contributed by atoms with Crippen LogP contribution in [0.5, 0.6) is 11.5 Å². The zero-order valence-electron chi connectivity index (χ0n) is 12.8. The molecular weight excluding hydrogens is 290 g/mol. The molecule has 21 heavy (non-hydrogen) atoms. The summed E-state index contributed by atoms with van der Waals surface area (Å²) in [5.74, 6) is 1.58. The minimum atomic E-state index is -0.00446. The summed E-state index contributed by atoms with van der Waals surface area (Å²) in [5, 5.41) is 0.418. The lowest BCUT2D eigenvalue weighted by Gasteiger charge is -2.31. The molecule has 1 aromatic carbocycles. The molecule has 0 aliphatic carbocycles. The molecule has 1 aliphatic rings. The van der Waals surface area contributed by atoms with Crippen molar-refractivity contribution in [1.29, 1.82) is 0 Å². The number of nitrogens with zero attached hydrogens (tertiary/aromatic N) is 1. The summed E-state index contributed by atoms with van der Waals surface area (Å²) in [6, 6.07) is 3.37. The average molecular weight is 312 g/mol. The number of likely N-dealkylation sites (tertiary alicyclic amines) is 1. The van der Waals surface area contributed by atoms with Gasteiger partial charge in [-0.3, -0.25) is 4.79 Å². The molecule has 4 nitrogen and oxygen atoms in total. The van der Waals surface area contributed by atoms with Gasteiger partial charge in [-0.2, -0.15) is 0 Å². The largest absolute Gasteiger partial charge is 0.493 e. The Kier molecular flexibility index (Phi) is 5.34. The zero-order valence-corrected chi connectivity index (χ0v) is 13.6. The smallest absolute Gasteiger partial charge is 0.254 e. The van der Waals surface area contributed by atoms with Crippen LogP contribution in [-0.4, -0.2) is 37.6 Å². The average Bonchev–Trinajstić information content (AvgIpc) is 2.37. The number of hydrogen-bond donors (Lipinski definition) is 0. The quantitative estimate of drug-likeness (QED) is 0.805. The molecule has 1 aliphatic heterocycles. The van der Waals surface area contributed by atoms with Crippen LogP contribution in [0.3, 0.4) is 0 Å². The number of rotatable bonds is 6. The van der Waals surface area contributed by atoms with Gasteiger partial charge in [0, 0.05) is 18.7 Å². The van der Waals surface area contributed by atoms with Crippen LogP contribution in [0.25, 0.3) is 0 Å². The van der Waals surface area contributed by atoms with Crippen molar-refractivity contribution in [2.45, 2.75) is 26.7 Å². The first kappa shape index (κ1) is 16.0. The first-order chi connectivity index (χ1) is 10.0. The predicted molar refractivity (Wildman–Crippen MR) is 83.5 cm³/mol. The third kappa shape index (κ3) is 3.82. The molecule has 0 atom stereocenters. The number of methoxy groups -OCH3 is 1. The van der Waals surface area contributed by atoms with E-state index < -0.39 is 0 Å². The highest BCUT2D eigenvalue weighted by atomic mass is 35.5. The van der Waals surface area contributed by atoms with Crippen LogP contribution in [0.2, 0.25) is 5.02 Å². The lowest BCUT2D eigenvalue weighted by atomic mass is 10.1. The Labute approximate surface area is 131 Å². The maximum absolute atomic E-state index is 12.2. The van der Waals surface area contributed by atoms with Crippen LogP contribution in [0.1, 0.15) is 37.0 Å². The van der Waals surface area contributed by atoms with Crippen molar-refractivity contribution in [3.8, 4) is 11.5 Å². The van der Waals surface area contributed by atoms with Crippen molar-refractivity contribution >= 4 is 17.5 Å². The summed E-state index contributed by atoms with van der Waals surface area (Å²) in [6.07, 6.45) is 2.00. The van der Waals surface area contributed by atoms with E-state index in [2.05, 4.69) is 13.8 Å². The van der Waals surface area contributed by atoms with E-state index >= 15 is 0 Å². The molecular formula is C16H22ClNO3. The Morgan fingerprint density at radius 1 is 1.38 bits per heavy atom. The molecule has 1 aromatic rings. The highest BCUT2D eigenvalue weighted by Crippen LogP contribution is 2.37. The molecule has 0 spiro atoms. The van der Waals surface area contributed by atoms with Crippen molar-refractivity contribution in [3.05, 3.63) is 22.7 Å². The zero-order chi connectivity index (χ0) is 15.4. The molecule has 116 valence electrons. The minimum Gasteiger partial charge on any atom is -0.493 e. The normalized spacial score (nSPS) is 14.0. The summed E-state index contributed by atoms with van der Waals surface area (Å²) < 4.78 is 11.0. The minimum absolute atomic E-state index is 0.00446. The second kappa shape index (κ2) is 7.03. The van der Waals surface area contributed by atoms with Gasteiger partial charge in [0.1, 0.15) is 0 Å². The molecule has 0 aromatic heterocycles. The molecule has 0 bridgehead atoms. The Morgan fingerprint density at radius 2 is 2.10 bits per heavy atom. The first-order valence-electron chi connectivity index (χ1n) is 7.32. The van der Waals surface area contributed by atoms with Gasteiger partial charge < -0.3 is 14.4 Å². The molecule has 0 radical (unpaired) electrons. The highest BCUT2D eigenvalue weighted by Gasteiger charge is 2.24. The molecule has 0 N–H and O–H groups in total. The van der Waals surface area contributed by atoms with Crippen LogP contribution >= 0.6 is 11.6 Å². The second-order valence-electron chi connectivity index (χ2n) is 5.67. The molecule has 0 saturated carbocycles. The third-order valence-electron chi connectivity index (χ3n) is 3.56. The Hall–Kier alpha value is -1.42. The van der Waals surface area contributed by atoms with E-state index in [0.717, 1.165) is 25.9 Å². The number of carbonyl (C=O) groups is 1. The lowest BCUT2D eigenvalue weighted by molar-refractivity contribution is 0.0651. The van der Waals surface area contributed by atoms with Crippen LogP contribution < -0.4 is 9.47 Å². The number of ether oxygens (including phenoxy) is 2. The standard InChI is InChI=1S/C16H22ClNO3/c1-11(2)5-8-21-15-13(17)9-12(10-14(15)20-3)16(19)18-6-4-7-18/h9-11H,4-8H2,1-3H3.